The number of carbonyl (C=O) groups is 1. The molecule has 0 heterocycles. The molecule has 0 spiro atoms. The van der Waals surface area contributed by atoms with Gasteiger partial charge in [-0.05, 0) is 38.1 Å². The van der Waals surface area contributed by atoms with Crippen LogP contribution in [0.1, 0.15) is 13.8 Å². The topological polar surface area (TPSA) is 74.8 Å². The molecular formula is C17H28BrIN4O2S. The van der Waals surface area contributed by atoms with Gasteiger partial charge >= 0.3 is 0 Å². The van der Waals surface area contributed by atoms with Gasteiger partial charge in [0.1, 0.15) is 0 Å². The van der Waals surface area contributed by atoms with E-state index in [9.17, 15) is 4.79 Å². The summed E-state index contributed by atoms with van der Waals surface area (Å²) in [7, 11) is 3.29. The molecule has 0 aliphatic rings. The number of guanidine groups is 1. The van der Waals surface area contributed by atoms with Gasteiger partial charge in [-0.2, -0.15) is 0 Å². The Balaban J connectivity index is 0.00000625. The largest absolute Gasteiger partial charge is 0.383 e. The second-order valence-corrected chi connectivity index (χ2v) is 8.63. The number of thioether (sulfide) groups is 1. The predicted molar refractivity (Wildman–Crippen MR) is 124 cm³/mol. The van der Waals surface area contributed by atoms with Gasteiger partial charge in [0.05, 0.1) is 13.2 Å². The first-order chi connectivity index (χ1) is 11.9. The Bertz CT molecular complexity index is 570. The summed E-state index contributed by atoms with van der Waals surface area (Å²) in [6, 6.07) is 8.25. The normalized spacial score (nSPS) is 11.5. The average Bonchev–Trinajstić information content (AvgIpc) is 2.57. The van der Waals surface area contributed by atoms with Crippen molar-refractivity contribution in [1.82, 2.24) is 16.0 Å². The Morgan fingerprint density at radius 1 is 1.23 bits per heavy atom. The second kappa shape index (κ2) is 13.6. The van der Waals surface area contributed by atoms with E-state index < -0.39 is 0 Å². The van der Waals surface area contributed by atoms with Crippen molar-refractivity contribution in [3.63, 3.8) is 0 Å². The molecule has 1 rings (SSSR count). The van der Waals surface area contributed by atoms with Crippen LogP contribution in [0, 0.1) is 0 Å². The molecule has 0 radical (unpaired) electrons. The Morgan fingerprint density at radius 3 is 2.46 bits per heavy atom. The third-order valence-corrected chi connectivity index (χ3v) is 4.89. The number of nitrogens with zero attached hydrogens (tertiary/aromatic N) is 1. The maximum absolute atomic E-state index is 11.7. The third-order valence-electron chi connectivity index (χ3n) is 3.16. The lowest BCUT2D eigenvalue weighted by Crippen LogP contribution is -2.46. The number of methoxy groups -OCH3 is 1. The van der Waals surface area contributed by atoms with Crippen LogP contribution in [0.15, 0.2) is 38.6 Å². The maximum atomic E-state index is 11.7. The first-order valence-electron chi connectivity index (χ1n) is 8.01. The van der Waals surface area contributed by atoms with E-state index >= 15 is 0 Å². The Kier molecular flexibility index (Phi) is 13.3. The fourth-order valence-electron chi connectivity index (χ4n) is 1.89. The van der Waals surface area contributed by atoms with Gasteiger partial charge in [0.2, 0.25) is 5.91 Å². The molecule has 148 valence electrons. The molecule has 0 unspecified atom stereocenters. The molecule has 0 aliphatic heterocycles. The number of hydrogen-bond donors (Lipinski definition) is 3. The van der Waals surface area contributed by atoms with Gasteiger partial charge in [-0.1, -0.05) is 15.9 Å². The van der Waals surface area contributed by atoms with Gasteiger partial charge in [0.25, 0.3) is 0 Å². The summed E-state index contributed by atoms with van der Waals surface area (Å²) in [6.07, 6.45) is 0. The molecule has 1 amide bonds. The lowest BCUT2D eigenvalue weighted by molar-refractivity contribution is -0.120. The van der Waals surface area contributed by atoms with Crippen LogP contribution in [0.2, 0.25) is 0 Å². The summed E-state index contributed by atoms with van der Waals surface area (Å²) in [5.41, 5.74) is 0. The van der Waals surface area contributed by atoms with E-state index in [1.807, 2.05) is 12.1 Å². The van der Waals surface area contributed by atoms with Crippen molar-refractivity contribution >= 4 is 63.5 Å². The highest BCUT2D eigenvalue weighted by atomic mass is 127. The highest BCUT2D eigenvalue weighted by Gasteiger charge is 2.20. The number of hydrogen-bond acceptors (Lipinski definition) is 4. The van der Waals surface area contributed by atoms with Gasteiger partial charge in [-0.15, -0.1) is 35.7 Å². The van der Waals surface area contributed by atoms with E-state index in [4.69, 9.17) is 4.74 Å². The summed E-state index contributed by atoms with van der Waals surface area (Å²) in [5.74, 6) is 0.509. The molecule has 3 N–H and O–H groups in total. The minimum Gasteiger partial charge on any atom is -0.383 e. The summed E-state index contributed by atoms with van der Waals surface area (Å²) in [6.45, 7) is 6.21. The summed E-state index contributed by atoms with van der Waals surface area (Å²) in [4.78, 5) is 17.0. The van der Waals surface area contributed by atoms with Crippen LogP contribution >= 0.6 is 51.7 Å². The molecule has 0 saturated heterocycles. The second-order valence-electron chi connectivity index (χ2n) is 5.94. The summed E-state index contributed by atoms with van der Waals surface area (Å²) >= 11 is 5.23. The standard InChI is InChI=1S/C17H27BrN4O2S.HI/c1-17(2,25-14-7-5-13(18)6-8-14)12-22-16(19-3)21-11-15(23)20-9-10-24-4;/h5-8H,9-12H2,1-4H3,(H,20,23)(H2,19,21,22);1H. The molecule has 0 bridgehead atoms. The van der Waals surface area contributed by atoms with Gasteiger partial charge in [0, 0.05) is 41.4 Å². The minimum absolute atomic E-state index is 0. The van der Waals surface area contributed by atoms with Crippen molar-refractivity contribution in [3.05, 3.63) is 28.7 Å². The molecule has 1 aromatic rings. The van der Waals surface area contributed by atoms with Crippen LogP contribution in [0.4, 0.5) is 0 Å². The molecule has 0 aromatic heterocycles. The molecule has 1 aromatic carbocycles. The smallest absolute Gasteiger partial charge is 0.239 e. The van der Waals surface area contributed by atoms with Crippen LogP contribution < -0.4 is 16.0 Å². The predicted octanol–water partition coefficient (Wildman–Crippen LogP) is 2.87. The number of aliphatic imine (C=N–C) groups is 1. The van der Waals surface area contributed by atoms with Crippen molar-refractivity contribution < 1.29 is 9.53 Å². The summed E-state index contributed by atoms with van der Waals surface area (Å²) < 4.78 is 5.93. The molecule has 6 nitrogen and oxygen atoms in total. The van der Waals surface area contributed by atoms with Crippen LogP contribution in [0.3, 0.4) is 0 Å². The van der Waals surface area contributed by atoms with Crippen molar-refractivity contribution in [3.8, 4) is 0 Å². The van der Waals surface area contributed by atoms with Gasteiger partial charge in [-0.25, -0.2) is 0 Å². The SMILES string of the molecule is CN=C(NCC(=O)NCCOC)NCC(C)(C)Sc1ccc(Br)cc1.I. The number of rotatable bonds is 9. The Hall–Kier alpha value is -0.520. The van der Waals surface area contributed by atoms with Crippen molar-refractivity contribution in [2.24, 2.45) is 4.99 Å². The average molecular weight is 559 g/mol. The summed E-state index contributed by atoms with van der Waals surface area (Å²) in [5, 5.41) is 9.03. The number of benzene rings is 1. The number of nitrogens with one attached hydrogen (secondary N) is 3. The van der Waals surface area contributed by atoms with Crippen molar-refractivity contribution in [1.29, 1.82) is 0 Å². The quantitative estimate of drug-likeness (QED) is 0.143. The van der Waals surface area contributed by atoms with E-state index in [2.05, 4.69) is 62.9 Å². The number of halogens is 2. The molecule has 0 atom stereocenters. The molecular weight excluding hydrogens is 531 g/mol. The molecule has 26 heavy (non-hydrogen) atoms. The van der Waals surface area contributed by atoms with Crippen LogP contribution in [0.5, 0.6) is 0 Å². The zero-order chi connectivity index (χ0) is 18.7. The van der Waals surface area contributed by atoms with E-state index in [0.29, 0.717) is 25.7 Å². The molecule has 0 aliphatic carbocycles. The van der Waals surface area contributed by atoms with Gasteiger partial charge < -0.3 is 20.7 Å². The fraction of sp³-hybridized carbons (Fsp3) is 0.529. The van der Waals surface area contributed by atoms with E-state index in [1.54, 1.807) is 25.9 Å². The van der Waals surface area contributed by atoms with Crippen molar-refractivity contribution in [2.45, 2.75) is 23.5 Å². The molecule has 0 fully saturated rings. The number of ether oxygens (including phenoxy) is 1. The molecule has 0 saturated carbocycles. The van der Waals surface area contributed by atoms with Crippen LogP contribution in [-0.2, 0) is 9.53 Å². The number of amides is 1. The van der Waals surface area contributed by atoms with Gasteiger partial charge in [0.15, 0.2) is 5.96 Å². The van der Waals surface area contributed by atoms with Crippen LogP contribution in [-0.4, -0.2) is 57.0 Å². The molecule has 9 heteroatoms. The maximum Gasteiger partial charge on any atom is 0.239 e. The Morgan fingerprint density at radius 2 is 1.88 bits per heavy atom. The highest BCUT2D eigenvalue weighted by molar-refractivity contribution is 14.0. The van der Waals surface area contributed by atoms with E-state index in [0.717, 1.165) is 4.47 Å². The van der Waals surface area contributed by atoms with E-state index in [-0.39, 0.29) is 41.2 Å². The highest BCUT2D eigenvalue weighted by Crippen LogP contribution is 2.32. The lowest BCUT2D eigenvalue weighted by Gasteiger charge is -2.25. The fourth-order valence-corrected chi connectivity index (χ4v) is 3.21. The zero-order valence-electron chi connectivity index (χ0n) is 15.6. The van der Waals surface area contributed by atoms with Crippen LogP contribution in [0.25, 0.3) is 0 Å². The monoisotopic (exact) mass is 558 g/mol. The lowest BCUT2D eigenvalue weighted by atomic mass is 10.2. The first kappa shape index (κ1) is 25.5. The van der Waals surface area contributed by atoms with E-state index in [1.165, 1.54) is 4.90 Å². The first-order valence-corrected chi connectivity index (χ1v) is 9.62. The minimum atomic E-state index is -0.0940. The Labute approximate surface area is 185 Å². The third kappa shape index (κ3) is 11.2. The van der Waals surface area contributed by atoms with Crippen molar-refractivity contribution in [2.75, 3.05) is 40.4 Å². The van der Waals surface area contributed by atoms with Gasteiger partial charge in [-0.3, -0.25) is 9.79 Å². The number of carbonyl (C=O) groups excluding carboxylic acids is 1. The zero-order valence-corrected chi connectivity index (χ0v) is 20.3.